The van der Waals surface area contributed by atoms with Crippen LogP contribution in [-0.4, -0.2) is 17.2 Å². The molecule has 2 nitrogen and oxygen atoms in total. The van der Waals surface area contributed by atoms with E-state index in [1.807, 2.05) is 30.3 Å². The summed E-state index contributed by atoms with van der Waals surface area (Å²) in [6.07, 6.45) is 0.792. The minimum Gasteiger partial charge on any atom is -0.291 e. The molecule has 1 aromatic carbocycles. The van der Waals surface area contributed by atoms with Crippen molar-refractivity contribution in [1.82, 2.24) is 5.01 Å². The third kappa shape index (κ3) is 1.79. The van der Waals surface area contributed by atoms with Crippen LogP contribution in [0.15, 0.2) is 33.8 Å². The van der Waals surface area contributed by atoms with Crippen molar-refractivity contribution >= 4 is 32.7 Å². The van der Waals surface area contributed by atoms with E-state index in [4.69, 9.17) is 11.6 Å². The second-order valence-corrected chi connectivity index (χ2v) is 4.58. The van der Waals surface area contributed by atoms with E-state index in [0.717, 1.165) is 10.9 Å². The van der Waals surface area contributed by atoms with Crippen LogP contribution in [-0.2, 0) is 0 Å². The summed E-state index contributed by atoms with van der Waals surface area (Å²) in [6, 6.07) is 8.43. The van der Waals surface area contributed by atoms with Crippen LogP contribution >= 0.6 is 27.5 Å². The Balaban J connectivity index is 2.30. The average molecular weight is 274 g/mol. The number of halogens is 2. The highest BCUT2D eigenvalue weighted by atomic mass is 79.9. The fraction of sp³-hybridized carbons (Fsp3) is 0.300. The third-order valence-electron chi connectivity index (χ3n) is 2.34. The van der Waals surface area contributed by atoms with Crippen LogP contribution in [0, 0.1) is 0 Å². The van der Waals surface area contributed by atoms with Gasteiger partial charge in [-0.15, -0.1) is 0 Å². The van der Waals surface area contributed by atoms with Crippen LogP contribution in [0.3, 0.4) is 0 Å². The van der Waals surface area contributed by atoms with E-state index >= 15 is 0 Å². The van der Waals surface area contributed by atoms with Crippen molar-refractivity contribution in [3.63, 3.8) is 0 Å². The molecular weight excluding hydrogens is 263 g/mol. The third-order valence-corrected chi connectivity index (χ3v) is 3.30. The van der Waals surface area contributed by atoms with Gasteiger partial charge in [0.25, 0.3) is 0 Å². The Bertz CT molecular complexity index is 378. The van der Waals surface area contributed by atoms with Crippen LogP contribution < -0.4 is 0 Å². The zero-order valence-electron chi connectivity index (χ0n) is 7.74. The Morgan fingerprint density at radius 1 is 1.50 bits per heavy atom. The summed E-state index contributed by atoms with van der Waals surface area (Å²) in [7, 11) is 1.94. The smallest absolute Gasteiger partial charge is 0.128 e. The molecule has 0 amide bonds. The predicted octanol–water partition coefficient (Wildman–Crippen LogP) is 3.38. The molecule has 0 radical (unpaired) electrons. The van der Waals surface area contributed by atoms with Gasteiger partial charge in [0, 0.05) is 17.9 Å². The molecule has 0 saturated heterocycles. The molecule has 4 heteroatoms. The van der Waals surface area contributed by atoms with E-state index in [0.29, 0.717) is 5.17 Å². The van der Waals surface area contributed by atoms with Gasteiger partial charge in [-0.25, -0.2) is 0 Å². The van der Waals surface area contributed by atoms with E-state index in [9.17, 15) is 0 Å². The van der Waals surface area contributed by atoms with E-state index < -0.39 is 0 Å². The van der Waals surface area contributed by atoms with Gasteiger partial charge in [0.05, 0.1) is 6.04 Å². The molecule has 1 aliphatic heterocycles. The summed E-state index contributed by atoms with van der Waals surface area (Å²) in [5, 5.41) is 6.76. The lowest BCUT2D eigenvalue weighted by Crippen LogP contribution is -2.14. The monoisotopic (exact) mass is 272 g/mol. The number of benzene rings is 1. The maximum absolute atomic E-state index is 5.90. The first-order valence-electron chi connectivity index (χ1n) is 4.38. The van der Waals surface area contributed by atoms with Crippen LogP contribution in [0.25, 0.3) is 0 Å². The Kier molecular flexibility index (Phi) is 2.79. The molecule has 0 N–H and O–H groups in total. The van der Waals surface area contributed by atoms with Crippen molar-refractivity contribution in [2.75, 3.05) is 7.05 Å². The first kappa shape index (κ1) is 9.99. The van der Waals surface area contributed by atoms with Gasteiger partial charge in [-0.2, -0.15) is 5.10 Å². The largest absolute Gasteiger partial charge is 0.291 e. The topological polar surface area (TPSA) is 15.6 Å². The van der Waals surface area contributed by atoms with E-state index in [2.05, 4.69) is 27.1 Å². The summed E-state index contributed by atoms with van der Waals surface area (Å²) in [5.41, 5.74) is 1.23. The summed E-state index contributed by atoms with van der Waals surface area (Å²) in [5.74, 6) is 0. The Hall–Kier alpha value is -0.540. The number of hydrogen-bond donors (Lipinski definition) is 0. The molecule has 0 saturated carbocycles. The van der Waals surface area contributed by atoms with Crippen molar-refractivity contribution in [3.8, 4) is 0 Å². The SMILES string of the molecule is CN1N=C(Cl)CC1c1ccccc1Br. The van der Waals surface area contributed by atoms with E-state index in [1.54, 1.807) is 0 Å². The standard InChI is InChI=1S/C10H10BrClN2/c1-14-9(6-10(12)13-14)7-4-2-3-5-8(7)11/h2-5,9H,6H2,1H3. The summed E-state index contributed by atoms with van der Waals surface area (Å²) >= 11 is 9.43. The summed E-state index contributed by atoms with van der Waals surface area (Å²) in [6.45, 7) is 0. The van der Waals surface area contributed by atoms with Crippen molar-refractivity contribution in [3.05, 3.63) is 34.3 Å². The first-order valence-corrected chi connectivity index (χ1v) is 5.56. The van der Waals surface area contributed by atoms with Crippen molar-refractivity contribution in [1.29, 1.82) is 0 Å². The molecule has 0 aliphatic carbocycles. The molecule has 1 atom stereocenters. The van der Waals surface area contributed by atoms with Gasteiger partial charge in [0.2, 0.25) is 0 Å². The molecule has 1 aliphatic rings. The lowest BCUT2D eigenvalue weighted by atomic mass is 10.1. The van der Waals surface area contributed by atoms with Gasteiger partial charge in [0.1, 0.15) is 5.17 Å². The predicted molar refractivity (Wildman–Crippen MR) is 62.6 cm³/mol. The molecule has 74 valence electrons. The molecule has 0 bridgehead atoms. The Morgan fingerprint density at radius 3 is 2.79 bits per heavy atom. The Labute approximate surface area is 96.7 Å². The molecule has 0 fully saturated rings. The second-order valence-electron chi connectivity index (χ2n) is 3.29. The van der Waals surface area contributed by atoms with Crippen LogP contribution in [0.2, 0.25) is 0 Å². The van der Waals surface area contributed by atoms with E-state index in [1.165, 1.54) is 5.56 Å². The molecule has 1 heterocycles. The van der Waals surface area contributed by atoms with Gasteiger partial charge < -0.3 is 0 Å². The first-order chi connectivity index (χ1) is 6.68. The maximum Gasteiger partial charge on any atom is 0.128 e. The lowest BCUT2D eigenvalue weighted by molar-refractivity contribution is 0.289. The van der Waals surface area contributed by atoms with Gasteiger partial charge in [-0.3, -0.25) is 5.01 Å². The highest BCUT2D eigenvalue weighted by molar-refractivity contribution is 9.10. The number of rotatable bonds is 1. The van der Waals surface area contributed by atoms with E-state index in [-0.39, 0.29) is 6.04 Å². The molecular formula is C10H10BrClN2. The van der Waals surface area contributed by atoms with Crippen LogP contribution in [0.1, 0.15) is 18.0 Å². The summed E-state index contributed by atoms with van der Waals surface area (Å²) < 4.78 is 1.11. The van der Waals surface area contributed by atoms with Crippen molar-refractivity contribution < 1.29 is 0 Å². The molecule has 1 unspecified atom stereocenters. The number of hydrogen-bond acceptors (Lipinski definition) is 2. The van der Waals surface area contributed by atoms with Gasteiger partial charge in [-0.05, 0) is 11.6 Å². The fourth-order valence-electron chi connectivity index (χ4n) is 1.63. The zero-order valence-corrected chi connectivity index (χ0v) is 10.1. The van der Waals surface area contributed by atoms with Crippen LogP contribution in [0.5, 0.6) is 0 Å². The Morgan fingerprint density at radius 2 is 2.21 bits per heavy atom. The fourth-order valence-corrected chi connectivity index (χ4v) is 2.44. The lowest BCUT2D eigenvalue weighted by Gasteiger charge is -2.19. The molecule has 0 aromatic heterocycles. The maximum atomic E-state index is 5.90. The summed E-state index contributed by atoms with van der Waals surface area (Å²) in [4.78, 5) is 0. The highest BCUT2D eigenvalue weighted by Gasteiger charge is 2.25. The normalized spacial score (nSPS) is 21.2. The number of nitrogens with zero attached hydrogens (tertiary/aromatic N) is 2. The molecule has 2 rings (SSSR count). The molecule has 1 aromatic rings. The minimum atomic E-state index is 0.262. The average Bonchev–Trinajstić information content (AvgIpc) is 2.46. The van der Waals surface area contributed by atoms with Gasteiger partial charge in [-0.1, -0.05) is 45.7 Å². The van der Waals surface area contributed by atoms with Crippen LogP contribution in [0.4, 0.5) is 0 Å². The number of hydrazone groups is 1. The quantitative estimate of drug-likeness (QED) is 0.766. The molecule has 14 heavy (non-hydrogen) atoms. The highest BCUT2D eigenvalue weighted by Crippen LogP contribution is 2.34. The second kappa shape index (κ2) is 3.91. The zero-order chi connectivity index (χ0) is 10.1. The van der Waals surface area contributed by atoms with Gasteiger partial charge >= 0.3 is 0 Å². The molecule has 0 spiro atoms. The van der Waals surface area contributed by atoms with Gasteiger partial charge in [0.15, 0.2) is 0 Å². The van der Waals surface area contributed by atoms with Crippen molar-refractivity contribution in [2.24, 2.45) is 5.10 Å². The van der Waals surface area contributed by atoms with Crippen molar-refractivity contribution in [2.45, 2.75) is 12.5 Å². The minimum absolute atomic E-state index is 0.262.